The standard InChI is InChI=1S/C7H11BrN2OS/c1-3-5(8)7-10-9-6(11-7)4-12-2/h5H,3-4H2,1-2H3. The molecule has 0 radical (unpaired) electrons. The highest BCUT2D eigenvalue weighted by Gasteiger charge is 2.12. The summed E-state index contributed by atoms with van der Waals surface area (Å²) in [6.45, 7) is 2.07. The van der Waals surface area contributed by atoms with E-state index >= 15 is 0 Å². The summed E-state index contributed by atoms with van der Waals surface area (Å²) >= 11 is 5.12. The molecule has 1 heterocycles. The average Bonchev–Trinajstić information content (AvgIpc) is 2.52. The molecule has 1 rings (SSSR count). The molecule has 0 N–H and O–H groups in total. The summed E-state index contributed by atoms with van der Waals surface area (Å²) in [4.78, 5) is 0.195. The third-order valence-electron chi connectivity index (χ3n) is 1.38. The van der Waals surface area contributed by atoms with E-state index in [1.807, 2.05) is 6.26 Å². The minimum atomic E-state index is 0.195. The molecule has 0 aromatic carbocycles. The Bertz CT molecular complexity index is 241. The second kappa shape index (κ2) is 4.87. The molecule has 0 spiro atoms. The Balaban J connectivity index is 2.63. The predicted molar refractivity (Wildman–Crippen MR) is 53.5 cm³/mol. The van der Waals surface area contributed by atoms with Crippen LogP contribution in [-0.4, -0.2) is 16.5 Å². The highest BCUT2D eigenvalue weighted by atomic mass is 79.9. The van der Waals surface area contributed by atoms with Crippen LogP contribution in [0.2, 0.25) is 0 Å². The van der Waals surface area contributed by atoms with E-state index in [1.54, 1.807) is 11.8 Å². The van der Waals surface area contributed by atoms with E-state index in [4.69, 9.17) is 4.42 Å². The summed E-state index contributed by atoms with van der Waals surface area (Å²) in [7, 11) is 0. The van der Waals surface area contributed by atoms with E-state index in [-0.39, 0.29) is 4.83 Å². The molecule has 1 atom stereocenters. The van der Waals surface area contributed by atoms with Crippen LogP contribution in [0.15, 0.2) is 4.42 Å². The van der Waals surface area contributed by atoms with Crippen LogP contribution in [0.4, 0.5) is 0 Å². The fraction of sp³-hybridized carbons (Fsp3) is 0.714. The number of thioether (sulfide) groups is 1. The summed E-state index contributed by atoms with van der Waals surface area (Å²) in [5.74, 6) is 2.17. The molecule has 0 saturated heterocycles. The lowest BCUT2D eigenvalue weighted by molar-refractivity contribution is 0.461. The Kier molecular flexibility index (Phi) is 4.08. The second-order valence-electron chi connectivity index (χ2n) is 2.34. The topological polar surface area (TPSA) is 38.9 Å². The predicted octanol–water partition coefficient (Wildman–Crippen LogP) is 2.78. The van der Waals surface area contributed by atoms with Crippen LogP contribution in [0.5, 0.6) is 0 Å². The first-order valence-electron chi connectivity index (χ1n) is 3.73. The van der Waals surface area contributed by atoms with Gasteiger partial charge in [-0.25, -0.2) is 0 Å². The van der Waals surface area contributed by atoms with Crippen LogP contribution in [0.25, 0.3) is 0 Å². The first-order valence-corrected chi connectivity index (χ1v) is 6.04. The van der Waals surface area contributed by atoms with Gasteiger partial charge in [0.05, 0.1) is 10.6 Å². The SMILES string of the molecule is CCC(Br)c1nnc(CSC)o1. The van der Waals surface area contributed by atoms with Crippen molar-refractivity contribution < 1.29 is 4.42 Å². The van der Waals surface area contributed by atoms with Crippen LogP contribution in [0.1, 0.15) is 30.0 Å². The van der Waals surface area contributed by atoms with Gasteiger partial charge in [-0.15, -0.1) is 10.2 Å². The molecule has 68 valence electrons. The Morgan fingerprint density at radius 3 is 2.92 bits per heavy atom. The van der Waals surface area contributed by atoms with Crippen molar-refractivity contribution in [1.82, 2.24) is 10.2 Å². The maximum absolute atomic E-state index is 5.39. The molecular weight excluding hydrogens is 240 g/mol. The molecule has 0 aliphatic carbocycles. The lowest BCUT2D eigenvalue weighted by Gasteiger charge is -1.97. The van der Waals surface area contributed by atoms with Crippen molar-refractivity contribution in [2.45, 2.75) is 23.9 Å². The van der Waals surface area contributed by atoms with Gasteiger partial charge in [-0.3, -0.25) is 0 Å². The van der Waals surface area contributed by atoms with Gasteiger partial charge in [0, 0.05) is 0 Å². The number of hydrogen-bond donors (Lipinski definition) is 0. The molecule has 0 aliphatic rings. The molecule has 3 nitrogen and oxygen atoms in total. The van der Waals surface area contributed by atoms with Crippen molar-refractivity contribution in [3.63, 3.8) is 0 Å². The summed E-state index contributed by atoms with van der Waals surface area (Å²) in [5.41, 5.74) is 0. The number of hydrogen-bond acceptors (Lipinski definition) is 4. The number of aromatic nitrogens is 2. The fourth-order valence-electron chi connectivity index (χ4n) is 0.750. The minimum absolute atomic E-state index is 0.195. The smallest absolute Gasteiger partial charge is 0.230 e. The highest BCUT2D eigenvalue weighted by Crippen LogP contribution is 2.24. The number of halogens is 1. The largest absolute Gasteiger partial charge is 0.423 e. The van der Waals surface area contributed by atoms with Gasteiger partial charge in [-0.05, 0) is 12.7 Å². The third kappa shape index (κ3) is 2.48. The van der Waals surface area contributed by atoms with Crippen molar-refractivity contribution in [3.05, 3.63) is 11.8 Å². The number of alkyl halides is 1. The maximum atomic E-state index is 5.39. The maximum Gasteiger partial charge on any atom is 0.230 e. The molecule has 1 aromatic rings. The van der Waals surface area contributed by atoms with Crippen molar-refractivity contribution in [2.24, 2.45) is 0 Å². The molecule has 0 saturated carbocycles. The lowest BCUT2D eigenvalue weighted by atomic mass is 10.3. The first-order chi connectivity index (χ1) is 5.77. The molecule has 5 heteroatoms. The first kappa shape index (κ1) is 10.1. The monoisotopic (exact) mass is 250 g/mol. The van der Waals surface area contributed by atoms with Gasteiger partial charge in [-0.1, -0.05) is 22.9 Å². The van der Waals surface area contributed by atoms with E-state index in [1.165, 1.54) is 0 Å². The van der Waals surface area contributed by atoms with Gasteiger partial charge in [0.25, 0.3) is 0 Å². The summed E-state index contributed by atoms with van der Waals surface area (Å²) in [6, 6.07) is 0. The zero-order chi connectivity index (χ0) is 8.97. The van der Waals surface area contributed by atoms with Gasteiger partial charge in [-0.2, -0.15) is 11.8 Å². The third-order valence-corrected chi connectivity index (χ3v) is 2.95. The molecule has 1 unspecified atom stereocenters. The second-order valence-corrected chi connectivity index (χ2v) is 4.31. The van der Waals surface area contributed by atoms with Crippen LogP contribution in [-0.2, 0) is 5.75 Å². The van der Waals surface area contributed by atoms with E-state index < -0.39 is 0 Å². The van der Waals surface area contributed by atoms with E-state index in [2.05, 4.69) is 33.1 Å². The Hall–Kier alpha value is -0.0300. The van der Waals surface area contributed by atoms with Crippen LogP contribution in [0.3, 0.4) is 0 Å². The zero-order valence-corrected chi connectivity index (χ0v) is 9.48. The molecule has 0 amide bonds. The van der Waals surface area contributed by atoms with Crippen LogP contribution < -0.4 is 0 Å². The summed E-state index contributed by atoms with van der Waals surface area (Å²) in [6.07, 6.45) is 2.97. The highest BCUT2D eigenvalue weighted by molar-refractivity contribution is 9.09. The van der Waals surface area contributed by atoms with Crippen molar-refractivity contribution in [3.8, 4) is 0 Å². The quantitative estimate of drug-likeness (QED) is 0.771. The minimum Gasteiger partial charge on any atom is -0.423 e. The Labute approximate surface area is 84.4 Å². The van der Waals surface area contributed by atoms with Crippen molar-refractivity contribution in [2.75, 3.05) is 6.26 Å². The van der Waals surface area contributed by atoms with E-state index in [0.717, 1.165) is 12.2 Å². The summed E-state index contributed by atoms with van der Waals surface area (Å²) < 4.78 is 5.39. The van der Waals surface area contributed by atoms with Gasteiger partial charge < -0.3 is 4.42 Å². The van der Waals surface area contributed by atoms with Gasteiger partial charge in [0.1, 0.15) is 0 Å². The molecular formula is C7H11BrN2OS. The van der Waals surface area contributed by atoms with Crippen LogP contribution >= 0.6 is 27.7 Å². The molecule has 1 aromatic heterocycles. The Morgan fingerprint density at radius 2 is 2.33 bits per heavy atom. The number of nitrogens with zero attached hydrogens (tertiary/aromatic N) is 2. The van der Waals surface area contributed by atoms with Gasteiger partial charge in [0.15, 0.2) is 0 Å². The van der Waals surface area contributed by atoms with Crippen molar-refractivity contribution in [1.29, 1.82) is 0 Å². The average molecular weight is 251 g/mol. The van der Waals surface area contributed by atoms with Crippen molar-refractivity contribution >= 4 is 27.7 Å². The van der Waals surface area contributed by atoms with Gasteiger partial charge in [0.2, 0.25) is 11.8 Å². The fourth-order valence-corrected chi connectivity index (χ4v) is 1.30. The van der Waals surface area contributed by atoms with E-state index in [0.29, 0.717) is 11.8 Å². The molecule has 12 heavy (non-hydrogen) atoms. The normalized spacial score (nSPS) is 13.2. The molecule has 0 fully saturated rings. The van der Waals surface area contributed by atoms with Gasteiger partial charge >= 0.3 is 0 Å². The number of rotatable bonds is 4. The molecule has 0 bridgehead atoms. The van der Waals surface area contributed by atoms with Crippen LogP contribution in [0, 0.1) is 0 Å². The zero-order valence-electron chi connectivity index (χ0n) is 7.08. The van der Waals surface area contributed by atoms with E-state index in [9.17, 15) is 0 Å². The summed E-state index contributed by atoms with van der Waals surface area (Å²) in [5, 5.41) is 7.84. The molecule has 0 aliphatic heterocycles. The Morgan fingerprint density at radius 1 is 1.58 bits per heavy atom. The lowest BCUT2D eigenvalue weighted by Crippen LogP contribution is -1.86.